The van der Waals surface area contributed by atoms with Gasteiger partial charge in [-0.1, -0.05) is 59.8 Å². The number of cyclic esters (lactones) is 1. The second kappa shape index (κ2) is 5.57. The Hall–Kier alpha value is -2.62. The lowest BCUT2D eigenvalue weighted by Crippen LogP contribution is -2.25. The third-order valence-electron chi connectivity index (χ3n) is 3.05. The van der Waals surface area contributed by atoms with Crippen LogP contribution in [0.25, 0.3) is 0 Å². The maximum Gasteiger partial charge on any atom is 0.361 e. The summed E-state index contributed by atoms with van der Waals surface area (Å²) < 4.78 is 5.07. The largest absolute Gasteiger partial charge is 0.456 e. The van der Waals surface area contributed by atoms with Crippen molar-refractivity contribution in [2.24, 2.45) is 5.16 Å². The van der Waals surface area contributed by atoms with Crippen LogP contribution in [0.3, 0.4) is 0 Å². The van der Waals surface area contributed by atoms with Crippen molar-refractivity contribution in [3.8, 4) is 0 Å². The number of hydrogen-bond donors (Lipinski definition) is 0. The molecule has 2 aromatic rings. The Morgan fingerprint density at radius 2 is 1.80 bits per heavy atom. The minimum Gasteiger partial charge on any atom is -0.456 e. The summed E-state index contributed by atoms with van der Waals surface area (Å²) in [5.41, 5.74) is 2.93. The van der Waals surface area contributed by atoms with Crippen molar-refractivity contribution >= 4 is 11.7 Å². The van der Waals surface area contributed by atoms with Crippen LogP contribution in [0.1, 0.15) is 16.7 Å². The topological polar surface area (TPSA) is 47.9 Å². The SMILES string of the molecule is O=C1OCc2ccccc2/C1=N\OCc1ccccc1. The van der Waals surface area contributed by atoms with Gasteiger partial charge in [-0.3, -0.25) is 0 Å². The van der Waals surface area contributed by atoms with Crippen molar-refractivity contribution in [2.45, 2.75) is 13.2 Å². The highest BCUT2D eigenvalue weighted by Gasteiger charge is 2.25. The maximum atomic E-state index is 11.8. The molecule has 100 valence electrons. The summed E-state index contributed by atoms with van der Waals surface area (Å²) in [6.07, 6.45) is 0. The zero-order chi connectivity index (χ0) is 13.8. The molecule has 0 spiro atoms. The van der Waals surface area contributed by atoms with Gasteiger partial charge in [0.1, 0.15) is 13.2 Å². The molecule has 0 atom stereocenters. The minimum absolute atomic E-state index is 0.225. The molecule has 2 aromatic carbocycles. The fraction of sp³-hybridized carbons (Fsp3) is 0.125. The van der Waals surface area contributed by atoms with Crippen molar-refractivity contribution in [1.29, 1.82) is 0 Å². The third kappa shape index (κ3) is 2.54. The van der Waals surface area contributed by atoms with E-state index in [1.165, 1.54) is 0 Å². The zero-order valence-electron chi connectivity index (χ0n) is 10.8. The predicted octanol–water partition coefficient (Wildman–Crippen LogP) is 2.66. The molecule has 20 heavy (non-hydrogen) atoms. The van der Waals surface area contributed by atoms with E-state index in [9.17, 15) is 4.79 Å². The van der Waals surface area contributed by atoms with Gasteiger partial charge in [-0.05, 0) is 11.1 Å². The van der Waals surface area contributed by atoms with Gasteiger partial charge in [0, 0.05) is 5.56 Å². The fourth-order valence-corrected chi connectivity index (χ4v) is 2.03. The summed E-state index contributed by atoms with van der Waals surface area (Å²) in [5, 5.41) is 3.94. The summed E-state index contributed by atoms with van der Waals surface area (Å²) >= 11 is 0. The van der Waals surface area contributed by atoms with Gasteiger partial charge < -0.3 is 9.57 Å². The van der Waals surface area contributed by atoms with Gasteiger partial charge >= 0.3 is 5.97 Å². The third-order valence-corrected chi connectivity index (χ3v) is 3.05. The Kier molecular flexibility index (Phi) is 3.46. The molecule has 0 bridgehead atoms. The van der Waals surface area contributed by atoms with Gasteiger partial charge in [-0.2, -0.15) is 0 Å². The molecular formula is C16H13NO3. The highest BCUT2D eigenvalue weighted by Crippen LogP contribution is 2.18. The van der Waals surface area contributed by atoms with Gasteiger partial charge in [0.25, 0.3) is 0 Å². The molecule has 1 aliphatic rings. The minimum atomic E-state index is -0.447. The number of esters is 1. The van der Waals surface area contributed by atoms with Crippen molar-refractivity contribution < 1.29 is 14.4 Å². The Balaban J connectivity index is 1.79. The predicted molar refractivity (Wildman–Crippen MR) is 74.0 cm³/mol. The summed E-state index contributed by atoms with van der Waals surface area (Å²) in [7, 11) is 0. The van der Waals surface area contributed by atoms with Gasteiger partial charge in [-0.15, -0.1) is 0 Å². The lowest BCUT2D eigenvalue weighted by molar-refractivity contribution is -0.137. The molecule has 0 N–H and O–H groups in total. The standard InChI is InChI=1S/C16H13NO3/c18-16-15(14-9-5-4-8-13(14)11-19-16)17-20-10-12-6-2-1-3-7-12/h1-9H,10-11H2/b17-15+. The van der Waals surface area contributed by atoms with E-state index >= 15 is 0 Å². The maximum absolute atomic E-state index is 11.8. The van der Waals surface area contributed by atoms with Gasteiger partial charge in [0.15, 0.2) is 5.71 Å². The van der Waals surface area contributed by atoms with E-state index in [1.54, 1.807) is 0 Å². The normalized spacial score (nSPS) is 15.6. The highest BCUT2D eigenvalue weighted by molar-refractivity contribution is 6.44. The van der Waals surface area contributed by atoms with Crippen molar-refractivity contribution in [1.82, 2.24) is 0 Å². The molecule has 0 fully saturated rings. The molecule has 0 aliphatic carbocycles. The average molecular weight is 267 g/mol. The first kappa shape index (κ1) is 12.4. The van der Waals surface area contributed by atoms with Crippen LogP contribution in [0, 0.1) is 0 Å². The summed E-state index contributed by atoms with van der Waals surface area (Å²) in [6, 6.07) is 17.2. The fourth-order valence-electron chi connectivity index (χ4n) is 2.03. The van der Waals surface area contributed by atoms with Crippen LogP contribution in [0.15, 0.2) is 59.8 Å². The number of hydrogen-bond acceptors (Lipinski definition) is 4. The van der Waals surface area contributed by atoms with Gasteiger partial charge in [0.05, 0.1) is 0 Å². The molecule has 0 saturated carbocycles. The van der Waals surface area contributed by atoms with E-state index in [0.717, 1.165) is 16.7 Å². The molecule has 0 radical (unpaired) electrons. The van der Waals surface area contributed by atoms with Crippen LogP contribution >= 0.6 is 0 Å². The number of nitrogens with zero attached hydrogens (tertiary/aromatic N) is 1. The van der Waals surface area contributed by atoms with Crippen LogP contribution in [0.5, 0.6) is 0 Å². The molecule has 1 aliphatic heterocycles. The molecule has 0 aromatic heterocycles. The Labute approximate surface area is 116 Å². The highest BCUT2D eigenvalue weighted by atomic mass is 16.6. The number of oxime groups is 1. The second-order valence-electron chi connectivity index (χ2n) is 4.43. The summed E-state index contributed by atoms with van der Waals surface area (Å²) in [6.45, 7) is 0.604. The number of fused-ring (bicyclic) bond motifs is 1. The molecule has 0 saturated heterocycles. The zero-order valence-corrected chi connectivity index (χ0v) is 10.8. The molecule has 4 nitrogen and oxygen atoms in total. The van der Waals surface area contributed by atoms with E-state index in [4.69, 9.17) is 9.57 Å². The van der Waals surface area contributed by atoms with Gasteiger partial charge in [-0.25, -0.2) is 4.79 Å². The number of carbonyl (C=O) groups is 1. The van der Waals surface area contributed by atoms with E-state index in [0.29, 0.717) is 6.61 Å². The van der Waals surface area contributed by atoms with E-state index in [-0.39, 0.29) is 12.3 Å². The first-order chi connectivity index (χ1) is 9.84. The van der Waals surface area contributed by atoms with E-state index < -0.39 is 5.97 Å². The summed E-state index contributed by atoms with van der Waals surface area (Å²) in [5.74, 6) is -0.447. The molecule has 1 heterocycles. The van der Waals surface area contributed by atoms with Crippen LogP contribution < -0.4 is 0 Å². The Morgan fingerprint density at radius 3 is 2.65 bits per heavy atom. The Morgan fingerprint density at radius 1 is 1.05 bits per heavy atom. The van der Waals surface area contributed by atoms with E-state index in [1.807, 2.05) is 54.6 Å². The number of ether oxygens (including phenoxy) is 1. The average Bonchev–Trinajstić information content (AvgIpc) is 2.50. The van der Waals surface area contributed by atoms with E-state index in [2.05, 4.69) is 5.16 Å². The number of benzene rings is 2. The first-order valence-corrected chi connectivity index (χ1v) is 6.34. The van der Waals surface area contributed by atoms with Crippen molar-refractivity contribution in [3.63, 3.8) is 0 Å². The lowest BCUT2D eigenvalue weighted by Gasteiger charge is -2.16. The van der Waals surface area contributed by atoms with Crippen LogP contribution in [-0.2, 0) is 27.6 Å². The van der Waals surface area contributed by atoms with Crippen LogP contribution in [0.2, 0.25) is 0 Å². The molecular weight excluding hydrogens is 254 g/mol. The molecule has 4 heteroatoms. The first-order valence-electron chi connectivity index (χ1n) is 6.34. The number of rotatable bonds is 3. The lowest BCUT2D eigenvalue weighted by atomic mass is 10.0. The second-order valence-corrected chi connectivity index (χ2v) is 4.43. The van der Waals surface area contributed by atoms with Gasteiger partial charge in [0.2, 0.25) is 0 Å². The Bertz CT molecular complexity index is 650. The van der Waals surface area contributed by atoms with Crippen molar-refractivity contribution in [2.75, 3.05) is 0 Å². The molecule has 3 rings (SSSR count). The smallest absolute Gasteiger partial charge is 0.361 e. The quantitative estimate of drug-likeness (QED) is 0.634. The molecule has 0 unspecified atom stereocenters. The summed E-state index contributed by atoms with van der Waals surface area (Å²) in [4.78, 5) is 17.0. The number of carbonyl (C=O) groups excluding carboxylic acids is 1. The van der Waals surface area contributed by atoms with Crippen LogP contribution in [0.4, 0.5) is 0 Å². The molecule has 0 amide bonds. The van der Waals surface area contributed by atoms with Crippen LogP contribution in [-0.4, -0.2) is 11.7 Å². The van der Waals surface area contributed by atoms with Crippen molar-refractivity contribution in [3.05, 3.63) is 71.3 Å². The monoisotopic (exact) mass is 267 g/mol.